The van der Waals surface area contributed by atoms with Gasteiger partial charge in [0.15, 0.2) is 0 Å². The molecular formula is C16H30N2O2. The largest absolute Gasteiger partial charge is 0.375 e. The molecule has 2 saturated heterocycles. The number of carbonyl (C=O) groups excluding carboxylic acids is 1. The van der Waals surface area contributed by atoms with E-state index >= 15 is 0 Å². The van der Waals surface area contributed by atoms with E-state index in [0.29, 0.717) is 12.2 Å². The van der Waals surface area contributed by atoms with Crippen LogP contribution < -0.4 is 0 Å². The lowest BCUT2D eigenvalue weighted by Crippen LogP contribution is -2.44. The fourth-order valence-corrected chi connectivity index (χ4v) is 3.41. The van der Waals surface area contributed by atoms with Gasteiger partial charge in [0.05, 0.1) is 12.2 Å². The third kappa shape index (κ3) is 4.74. The molecule has 0 radical (unpaired) electrons. The van der Waals surface area contributed by atoms with Crippen LogP contribution in [-0.2, 0) is 9.53 Å². The van der Waals surface area contributed by atoms with Crippen molar-refractivity contribution in [2.75, 3.05) is 32.7 Å². The van der Waals surface area contributed by atoms with Gasteiger partial charge in [-0.05, 0) is 45.4 Å². The zero-order valence-electron chi connectivity index (χ0n) is 13.3. The van der Waals surface area contributed by atoms with Gasteiger partial charge in [0, 0.05) is 39.6 Å². The molecule has 2 rings (SSSR count). The van der Waals surface area contributed by atoms with Gasteiger partial charge >= 0.3 is 0 Å². The minimum atomic E-state index is 0.232. The fourth-order valence-electron chi connectivity index (χ4n) is 3.41. The molecule has 0 unspecified atom stereocenters. The number of ether oxygens (including phenoxy) is 1. The SMILES string of the molecule is CC(=O)N1CCC(CN2CCC(OC(C)C)CC2)CC1. The summed E-state index contributed by atoms with van der Waals surface area (Å²) in [7, 11) is 0. The van der Waals surface area contributed by atoms with Crippen molar-refractivity contribution >= 4 is 5.91 Å². The zero-order chi connectivity index (χ0) is 14.5. The molecule has 1 amide bonds. The first-order valence-electron chi connectivity index (χ1n) is 8.18. The Morgan fingerprint density at radius 3 is 2.20 bits per heavy atom. The molecule has 4 heteroatoms. The average molecular weight is 282 g/mol. The molecule has 2 heterocycles. The van der Waals surface area contributed by atoms with Crippen molar-refractivity contribution in [1.29, 1.82) is 0 Å². The van der Waals surface area contributed by atoms with Crippen molar-refractivity contribution in [3.05, 3.63) is 0 Å². The third-order valence-corrected chi connectivity index (χ3v) is 4.58. The molecule has 0 spiro atoms. The van der Waals surface area contributed by atoms with Crippen LogP contribution in [0.15, 0.2) is 0 Å². The van der Waals surface area contributed by atoms with E-state index in [0.717, 1.165) is 19.0 Å². The molecule has 2 fully saturated rings. The lowest BCUT2D eigenvalue weighted by Gasteiger charge is -2.37. The zero-order valence-corrected chi connectivity index (χ0v) is 13.3. The van der Waals surface area contributed by atoms with E-state index in [1.165, 1.54) is 45.3 Å². The molecule has 0 aromatic heterocycles. The summed E-state index contributed by atoms with van der Waals surface area (Å²) in [4.78, 5) is 15.9. The molecule has 0 bridgehead atoms. The summed E-state index contributed by atoms with van der Waals surface area (Å²) in [6.45, 7) is 11.4. The van der Waals surface area contributed by atoms with Crippen molar-refractivity contribution < 1.29 is 9.53 Å². The Labute approximate surface area is 123 Å². The van der Waals surface area contributed by atoms with Gasteiger partial charge < -0.3 is 14.5 Å². The van der Waals surface area contributed by atoms with Gasteiger partial charge in [0.1, 0.15) is 0 Å². The van der Waals surface area contributed by atoms with Gasteiger partial charge in [0.2, 0.25) is 5.91 Å². The molecular weight excluding hydrogens is 252 g/mol. The van der Waals surface area contributed by atoms with Gasteiger partial charge in [0.25, 0.3) is 0 Å². The number of likely N-dealkylation sites (tertiary alicyclic amines) is 2. The van der Waals surface area contributed by atoms with Gasteiger partial charge in [-0.25, -0.2) is 0 Å². The number of hydrogen-bond donors (Lipinski definition) is 0. The maximum atomic E-state index is 11.3. The van der Waals surface area contributed by atoms with Crippen LogP contribution in [0.25, 0.3) is 0 Å². The Bertz CT molecular complexity index is 304. The van der Waals surface area contributed by atoms with E-state index in [1.54, 1.807) is 6.92 Å². The van der Waals surface area contributed by atoms with E-state index in [2.05, 4.69) is 18.7 Å². The first kappa shape index (κ1) is 15.8. The average Bonchev–Trinajstić information content (AvgIpc) is 2.41. The molecule has 0 aliphatic carbocycles. The van der Waals surface area contributed by atoms with E-state index in [1.807, 2.05) is 4.90 Å². The third-order valence-electron chi connectivity index (χ3n) is 4.58. The lowest BCUT2D eigenvalue weighted by molar-refractivity contribution is -0.130. The summed E-state index contributed by atoms with van der Waals surface area (Å²) >= 11 is 0. The van der Waals surface area contributed by atoms with Gasteiger partial charge in [-0.2, -0.15) is 0 Å². The second-order valence-corrected chi connectivity index (χ2v) is 6.63. The van der Waals surface area contributed by atoms with E-state index in [-0.39, 0.29) is 5.91 Å². The number of rotatable bonds is 4. The second-order valence-electron chi connectivity index (χ2n) is 6.63. The summed E-state index contributed by atoms with van der Waals surface area (Å²) in [6, 6.07) is 0. The van der Waals surface area contributed by atoms with Crippen LogP contribution in [0.3, 0.4) is 0 Å². The molecule has 0 aromatic carbocycles. The van der Waals surface area contributed by atoms with Crippen LogP contribution in [0.1, 0.15) is 46.5 Å². The fraction of sp³-hybridized carbons (Fsp3) is 0.938. The number of nitrogens with zero attached hydrogens (tertiary/aromatic N) is 2. The molecule has 0 atom stereocenters. The molecule has 0 aromatic rings. The highest BCUT2D eigenvalue weighted by molar-refractivity contribution is 5.73. The van der Waals surface area contributed by atoms with E-state index < -0.39 is 0 Å². The number of hydrogen-bond acceptors (Lipinski definition) is 3. The number of piperidine rings is 2. The van der Waals surface area contributed by atoms with Gasteiger partial charge in [-0.15, -0.1) is 0 Å². The van der Waals surface area contributed by atoms with Crippen LogP contribution in [0.2, 0.25) is 0 Å². The predicted octanol–water partition coefficient (Wildman–Crippen LogP) is 2.13. The Morgan fingerprint density at radius 2 is 1.70 bits per heavy atom. The molecule has 0 saturated carbocycles. The summed E-state index contributed by atoms with van der Waals surface area (Å²) in [5.74, 6) is 1.00. The Balaban J connectivity index is 1.65. The van der Waals surface area contributed by atoms with E-state index in [4.69, 9.17) is 4.74 Å². The Morgan fingerprint density at radius 1 is 1.10 bits per heavy atom. The van der Waals surface area contributed by atoms with Crippen LogP contribution in [0.5, 0.6) is 0 Å². The van der Waals surface area contributed by atoms with Crippen LogP contribution in [-0.4, -0.2) is 60.6 Å². The minimum Gasteiger partial charge on any atom is -0.375 e. The van der Waals surface area contributed by atoms with Gasteiger partial charge in [-0.3, -0.25) is 4.79 Å². The minimum absolute atomic E-state index is 0.232. The highest BCUT2D eigenvalue weighted by Crippen LogP contribution is 2.21. The van der Waals surface area contributed by atoms with Crippen molar-refractivity contribution in [3.8, 4) is 0 Å². The molecule has 2 aliphatic heterocycles. The van der Waals surface area contributed by atoms with Gasteiger partial charge in [-0.1, -0.05) is 0 Å². The number of amides is 1. The molecule has 0 N–H and O–H groups in total. The second kappa shape index (κ2) is 7.41. The number of carbonyl (C=O) groups is 1. The summed E-state index contributed by atoms with van der Waals surface area (Å²) in [5.41, 5.74) is 0. The van der Waals surface area contributed by atoms with Crippen LogP contribution in [0, 0.1) is 5.92 Å². The van der Waals surface area contributed by atoms with Crippen molar-refractivity contribution in [2.45, 2.75) is 58.7 Å². The van der Waals surface area contributed by atoms with Crippen LogP contribution >= 0.6 is 0 Å². The standard InChI is InChI=1S/C16H30N2O2/c1-13(2)20-16-6-8-17(9-7-16)12-15-4-10-18(11-5-15)14(3)19/h13,15-16H,4-12H2,1-3H3. The molecule has 2 aliphatic rings. The predicted molar refractivity (Wildman–Crippen MR) is 80.7 cm³/mol. The quantitative estimate of drug-likeness (QED) is 0.792. The molecule has 20 heavy (non-hydrogen) atoms. The lowest BCUT2D eigenvalue weighted by atomic mass is 9.95. The first-order valence-corrected chi connectivity index (χ1v) is 8.18. The van der Waals surface area contributed by atoms with Crippen molar-refractivity contribution in [1.82, 2.24) is 9.80 Å². The maximum Gasteiger partial charge on any atom is 0.219 e. The summed E-state index contributed by atoms with van der Waals surface area (Å²) < 4.78 is 5.90. The summed E-state index contributed by atoms with van der Waals surface area (Å²) in [5, 5.41) is 0. The molecule has 4 nitrogen and oxygen atoms in total. The van der Waals surface area contributed by atoms with Crippen molar-refractivity contribution in [3.63, 3.8) is 0 Å². The smallest absolute Gasteiger partial charge is 0.219 e. The van der Waals surface area contributed by atoms with Crippen molar-refractivity contribution in [2.24, 2.45) is 5.92 Å². The normalized spacial score (nSPS) is 23.5. The Kier molecular flexibility index (Phi) is 5.85. The van der Waals surface area contributed by atoms with Crippen LogP contribution in [0.4, 0.5) is 0 Å². The highest BCUT2D eigenvalue weighted by Gasteiger charge is 2.25. The summed E-state index contributed by atoms with van der Waals surface area (Å²) in [6.07, 6.45) is 5.49. The molecule has 116 valence electrons. The maximum absolute atomic E-state index is 11.3. The van der Waals surface area contributed by atoms with E-state index in [9.17, 15) is 4.79 Å². The monoisotopic (exact) mass is 282 g/mol. The highest BCUT2D eigenvalue weighted by atomic mass is 16.5. The Hall–Kier alpha value is -0.610. The first-order chi connectivity index (χ1) is 9.54. The topological polar surface area (TPSA) is 32.8 Å².